The minimum Gasteiger partial charge on any atom is -0.481 e. The summed E-state index contributed by atoms with van der Waals surface area (Å²) in [5.74, 6) is 0.290. The second-order valence-electron chi connectivity index (χ2n) is 5.09. The molecule has 0 amide bonds. The van der Waals surface area contributed by atoms with Crippen LogP contribution in [0.3, 0.4) is 0 Å². The molecule has 3 rings (SSSR count). The molecule has 1 aromatic carbocycles. The molecular formula is C15H17N3O2. The average Bonchev–Trinajstić information content (AvgIpc) is 2.88. The Labute approximate surface area is 117 Å². The molecule has 2 aromatic rings. The molecule has 0 atom stereocenters. The number of aromatic nitrogens is 2. The molecule has 0 saturated heterocycles. The Morgan fingerprint density at radius 2 is 2.05 bits per heavy atom. The van der Waals surface area contributed by atoms with Gasteiger partial charge in [-0.2, -0.15) is 0 Å². The summed E-state index contributed by atoms with van der Waals surface area (Å²) < 4.78 is 2.17. The lowest BCUT2D eigenvalue weighted by atomic mass is 10.0. The molecule has 2 heterocycles. The molecule has 20 heavy (non-hydrogen) atoms. The van der Waals surface area contributed by atoms with Crippen LogP contribution in [-0.4, -0.2) is 32.1 Å². The van der Waals surface area contributed by atoms with E-state index in [1.807, 2.05) is 36.7 Å². The van der Waals surface area contributed by atoms with Gasteiger partial charge in [-0.1, -0.05) is 24.3 Å². The summed E-state index contributed by atoms with van der Waals surface area (Å²) in [6.07, 6.45) is 3.92. The SMILES string of the molecule is O=C(O)Cc1ccccc1CN1CCn2ccnc2C1. The summed E-state index contributed by atoms with van der Waals surface area (Å²) in [6.45, 7) is 3.49. The largest absolute Gasteiger partial charge is 0.481 e. The molecule has 1 N–H and O–H groups in total. The predicted octanol–water partition coefficient (Wildman–Crippen LogP) is 1.53. The Morgan fingerprint density at radius 1 is 1.25 bits per heavy atom. The van der Waals surface area contributed by atoms with Gasteiger partial charge in [-0.3, -0.25) is 9.69 Å². The number of hydrogen-bond acceptors (Lipinski definition) is 3. The van der Waals surface area contributed by atoms with E-state index in [0.29, 0.717) is 0 Å². The van der Waals surface area contributed by atoms with Crippen LogP contribution in [0.5, 0.6) is 0 Å². The number of imidazole rings is 1. The number of carbonyl (C=O) groups is 1. The number of benzene rings is 1. The van der Waals surface area contributed by atoms with Crippen molar-refractivity contribution in [3.8, 4) is 0 Å². The first-order valence-corrected chi connectivity index (χ1v) is 6.73. The molecule has 1 aromatic heterocycles. The monoisotopic (exact) mass is 271 g/mol. The zero-order valence-electron chi connectivity index (χ0n) is 11.2. The Hall–Kier alpha value is -2.14. The molecular weight excluding hydrogens is 254 g/mol. The highest BCUT2D eigenvalue weighted by Gasteiger charge is 2.17. The fraction of sp³-hybridized carbons (Fsp3) is 0.333. The average molecular weight is 271 g/mol. The van der Waals surface area contributed by atoms with Crippen molar-refractivity contribution in [2.45, 2.75) is 26.1 Å². The number of carboxylic acid groups (broad SMARTS) is 1. The third-order valence-electron chi connectivity index (χ3n) is 3.68. The van der Waals surface area contributed by atoms with Gasteiger partial charge in [-0.05, 0) is 11.1 Å². The van der Waals surface area contributed by atoms with Gasteiger partial charge < -0.3 is 9.67 Å². The van der Waals surface area contributed by atoms with Crippen LogP contribution in [0.15, 0.2) is 36.7 Å². The summed E-state index contributed by atoms with van der Waals surface area (Å²) >= 11 is 0. The smallest absolute Gasteiger partial charge is 0.307 e. The van der Waals surface area contributed by atoms with Gasteiger partial charge in [0, 0.05) is 32.0 Å². The first kappa shape index (κ1) is 12.9. The summed E-state index contributed by atoms with van der Waals surface area (Å²) in [4.78, 5) is 17.6. The highest BCUT2D eigenvalue weighted by Crippen LogP contribution is 2.17. The van der Waals surface area contributed by atoms with Gasteiger partial charge in [0.05, 0.1) is 13.0 Å². The van der Waals surface area contributed by atoms with Gasteiger partial charge in [0.2, 0.25) is 0 Å². The van der Waals surface area contributed by atoms with E-state index in [1.165, 1.54) is 0 Å². The van der Waals surface area contributed by atoms with E-state index in [2.05, 4.69) is 14.5 Å². The molecule has 0 saturated carbocycles. The van der Waals surface area contributed by atoms with Crippen LogP contribution in [0.1, 0.15) is 17.0 Å². The molecule has 0 bridgehead atoms. The minimum atomic E-state index is -0.786. The van der Waals surface area contributed by atoms with Crippen LogP contribution in [0.4, 0.5) is 0 Å². The fourth-order valence-electron chi connectivity index (χ4n) is 2.65. The molecule has 0 radical (unpaired) electrons. The zero-order valence-corrected chi connectivity index (χ0v) is 11.2. The Balaban J connectivity index is 1.74. The molecule has 104 valence electrons. The number of carboxylic acids is 1. The van der Waals surface area contributed by atoms with Crippen LogP contribution < -0.4 is 0 Å². The standard InChI is InChI=1S/C15H17N3O2/c19-15(20)9-12-3-1-2-4-13(12)10-17-7-8-18-6-5-16-14(18)11-17/h1-6H,7-11H2,(H,19,20). The Kier molecular flexibility index (Phi) is 3.52. The predicted molar refractivity (Wildman–Crippen MR) is 74.1 cm³/mol. The van der Waals surface area contributed by atoms with Gasteiger partial charge in [0.15, 0.2) is 0 Å². The van der Waals surface area contributed by atoms with E-state index in [1.54, 1.807) is 0 Å². The summed E-state index contributed by atoms with van der Waals surface area (Å²) in [5.41, 5.74) is 1.99. The van der Waals surface area contributed by atoms with Gasteiger partial charge in [0.25, 0.3) is 0 Å². The van der Waals surface area contributed by atoms with E-state index in [0.717, 1.165) is 43.1 Å². The molecule has 0 fully saturated rings. The zero-order chi connectivity index (χ0) is 13.9. The maximum absolute atomic E-state index is 10.9. The van der Waals surface area contributed by atoms with Crippen molar-refractivity contribution in [1.82, 2.24) is 14.5 Å². The second-order valence-corrected chi connectivity index (χ2v) is 5.09. The van der Waals surface area contributed by atoms with Crippen molar-refractivity contribution in [3.05, 3.63) is 53.6 Å². The van der Waals surface area contributed by atoms with Gasteiger partial charge >= 0.3 is 5.97 Å². The molecule has 0 spiro atoms. The lowest BCUT2D eigenvalue weighted by molar-refractivity contribution is -0.136. The lowest BCUT2D eigenvalue weighted by Gasteiger charge is -2.28. The van der Waals surface area contributed by atoms with Crippen molar-refractivity contribution in [1.29, 1.82) is 0 Å². The van der Waals surface area contributed by atoms with E-state index in [9.17, 15) is 4.79 Å². The first-order valence-electron chi connectivity index (χ1n) is 6.73. The van der Waals surface area contributed by atoms with Crippen molar-refractivity contribution < 1.29 is 9.90 Å². The van der Waals surface area contributed by atoms with Crippen molar-refractivity contribution >= 4 is 5.97 Å². The molecule has 1 aliphatic heterocycles. The number of nitrogens with zero attached hydrogens (tertiary/aromatic N) is 3. The van der Waals surface area contributed by atoms with Gasteiger partial charge in [-0.25, -0.2) is 4.98 Å². The summed E-state index contributed by atoms with van der Waals surface area (Å²) in [7, 11) is 0. The van der Waals surface area contributed by atoms with Crippen molar-refractivity contribution in [3.63, 3.8) is 0 Å². The number of rotatable bonds is 4. The normalized spacial score (nSPS) is 15.0. The molecule has 0 aliphatic carbocycles. The van der Waals surface area contributed by atoms with E-state index >= 15 is 0 Å². The van der Waals surface area contributed by atoms with Crippen molar-refractivity contribution in [2.24, 2.45) is 0 Å². The quantitative estimate of drug-likeness (QED) is 0.916. The Morgan fingerprint density at radius 3 is 2.85 bits per heavy atom. The van der Waals surface area contributed by atoms with Gasteiger partial charge in [-0.15, -0.1) is 0 Å². The third-order valence-corrected chi connectivity index (χ3v) is 3.68. The summed E-state index contributed by atoms with van der Waals surface area (Å²) in [5, 5.41) is 8.97. The van der Waals surface area contributed by atoms with Crippen LogP contribution in [0.25, 0.3) is 0 Å². The third kappa shape index (κ3) is 2.72. The van der Waals surface area contributed by atoms with Crippen molar-refractivity contribution in [2.75, 3.05) is 6.54 Å². The molecule has 5 heteroatoms. The second kappa shape index (κ2) is 5.46. The number of fused-ring (bicyclic) bond motifs is 1. The number of hydrogen-bond donors (Lipinski definition) is 1. The number of aliphatic carboxylic acids is 1. The topological polar surface area (TPSA) is 58.4 Å². The Bertz CT molecular complexity index is 621. The first-order chi connectivity index (χ1) is 9.72. The van der Waals surface area contributed by atoms with E-state index < -0.39 is 5.97 Å². The highest BCUT2D eigenvalue weighted by atomic mass is 16.4. The van der Waals surface area contributed by atoms with Crippen LogP contribution in [0.2, 0.25) is 0 Å². The lowest BCUT2D eigenvalue weighted by Crippen LogP contribution is -2.33. The van der Waals surface area contributed by atoms with Crippen LogP contribution in [-0.2, 0) is 30.8 Å². The van der Waals surface area contributed by atoms with Crippen LogP contribution in [0, 0.1) is 0 Å². The molecule has 5 nitrogen and oxygen atoms in total. The maximum Gasteiger partial charge on any atom is 0.307 e. The fourth-order valence-corrected chi connectivity index (χ4v) is 2.65. The van der Waals surface area contributed by atoms with Gasteiger partial charge in [0.1, 0.15) is 5.82 Å². The van der Waals surface area contributed by atoms with Crippen LogP contribution >= 0.6 is 0 Å². The maximum atomic E-state index is 10.9. The molecule has 0 unspecified atom stereocenters. The summed E-state index contributed by atoms with van der Waals surface area (Å²) in [6, 6.07) is 7.77. The highest BCUT2D eigenvalue weighted by molar-refractivity contribution is 5.70. The van der Waals surface area contributed by atoms with E-state index in [-0.39, 0.29) is 6.42 Å². The van der Waals surface area contributed by atoms with E-state index in [4.69, 9.17) is 5.11 Å². The molecule has 1 aliphatic rings. The minimum absolute atomic E-state index is 0.0820.